The highest BCUT2D eigenvalue weighted by Crippen LogP contribution is 2.27. The first-order chi connectivity index (χ1) is 13.9. The summed E-state index contributed by atoms with van der Waals surface area (Å²) in [6.45, 7) is 3.10. The molecule has 154 valence electrons. The fraction of sp³-hybridized carbons (Fsp3) is 0.429. The summed E-state index contributed by atoms with van der Waals surface area (Å²) in [5, 5.41) is 2.88. The molecule has 3 rings (SSSR count). The Morgan fingerprint density at radius 2 is 2.17 bits per heavy atom. The molecule has 0 fully saturated rings. The SMILES string of the molecule is COc1nc2c(cc1CNC(=O)[C@H](C)N(C)C)C(=O)N(CCc1ccccn1)C2. The van der Waals surface area contributed by atoms with E-state index >= 15 is 0 Å². The lowest BCUT2D eigenvalue weighted by Gasteiger charge is -2.19. The molecule has 3 heterocycles. The van der Waals surface area contributed by atoms with Crippen LogP contribution in [-0.4, -0.2) is 65.4 Å². The number of amides is 2. The van der Waals surface area contributed by atoms with Gasteiger partial charge in [-0.05, 0) is 39.2 Å². The van der Waals surface area contributed by atoms with Crippen molar-refractivity contribution in [3.05, 3.63) is 53.0 Å². The van der Waals surface area contributed by atoms with Crippen molar-refractivity contribution in [1.29, 1.82) is 0 Å². The van der Waals surface area contributed by atoms with E-state index in [0.717, 1.165) is 5.69 Å². The molecule has 0 bridgehead atoms. The molecule has 2 amide bonds. The van der Waals surface area contributed by atoms with E-state index in [4.69, 9.17) is 4.74 Å². The van der Waals surface area contributed by atoms with Crippen LogP contribution in [0.25, 0.3) is 0 Å². The van der Waals surface area contributed by atoms with Crippen molar-refractivity contribution >= 4 is 11.8 Å². The van der Waals surface area contributed by atoms with Crippen LogP contribution in [0.3, 0.4) is 0 Å². The standard InChI is InChI=1S/C21H27N5O3/c1-14(25(2)3)19(27)23-12-15-11-17-18(24-20(15)29-4)13-26(21(17)28)10-8-16-7-5-6-9-22-16/h5-7,9,11,14H,8,10,12-13H2,1-4H3,(H,23,27)/t14-/m0/s1. The number of carbonyl (C=O) groups is 2. The maximum atomic E-state index is 12.8. The number of rotatable bonds is 8. The van der Waals surface area contributed by atoms with Crippen LogP contribution in [0.2, 0.25) is 0 Å². The number of ether oxygens (including phenoxy) is 1. The molecule has 0 radical (unpaired) electrons. The molecule has 1 aliphatic rings. The van der Waals surface area contributed by atoms with Crippen LogP contribution in [0, 0.1) is 0 Å². The second kappa shape index (κ2) is 9.00. The van der Waals surface area contributed by atoms with Crippen molar-refractivity contribution in [2.75, 3.05) is 27.7 Å². The van der Waals surface area contributed by atoms with E-state index in [1.807, 2.05) is 44.1 Å². The van der Waals surface area contributed by atoms with Crippen LogP contribution in [0.4, 0.5) is 0 Å². The van der Waals surface area contributed by atoms with Gasteiger partial charge in [0.25, 0.3) is 5.91 Å². The number of hydrogen-bond acceptors (Lipinski definition) is 6. The molecule has 29 heavy (non-hydrogen) atoms. The summed E-state index contributed by atoms with van der Waals surface area (Å²) in [5.41, 5.74) is 2.90. The molecule has 0 saturated heterocycles. The first-order valence-corrected chi connectivity index (χ1v) is 9.60. The monoisotopic (exact) mass is 397 g/mol. The summed E-state index contributed by atoms with van der Waals surface area (Å²) in [4.78, 5) is 37.5. The number of nitrogens with zero attached hydrogens (tertiary/aromatic N) is 4. The minimum absolute atomic E-state index is 0.0553. The predicted molar refractivity (Wildman–Crippen MR) is 108 cm³/mol. The molecule has 8 nitrogen and oxygen atoms in total. The van der Waals surface area contributed by atoms with Gasteiger partial charge in [0.05, 0.1) is 31.0 Å². The normalized spacial score (nSPS) is 14.1. The maximum Gasteiger partial charge on any atom is 0.256 e. The second-order valence-corrected chi connectivity index (χ2v) is 7.31. The van der Waals surface area contributed by atoms with Gasteiger partial charge in [0.2, 0.25) is 11.8 Å². The smallest absolute Gasteiger partial charge is 0.256 e. The molecule has 1 aliphatic heterocycles. The molecule has 2 aromatic rings. The van der Waals surface area contributed by atoms with E-state index in [1.54, 1.807) is 17.2 Å². The molecule has 0 aliphatic carbocycles. The Balaban J connectivity index is 1.70. The van der Waals surface area contributed by atoms with Crippen molar-refractivity contribution in [3.63, 3.8) is 0 Å². The zero-order valence-corrected chi connectivity index (χ0v) is 17.3. The summed E-state index contributed by atoms with van der Waals surface area (Å²) < 4.78 is 5.40. The Morgan fingerprint density at radius 3 is 2.83 bits per heavy atom. The van der Waals surface area contributed by atoms with Crippen LogP contribution in [0.5, 0.6) is 5.88 Å². The summed E-state index contributed by atoms with van der Waals surface area (Å²) in [6, 6.07) is 7.28. The van der Waals surface area contributed by atoms with Crippen LogP contribution in [0.15, 0.2) is 30.5 Å². The number of methoxy groups -OCH3 is 1. The van der Waals surface area contributed by atoms with Gasteiger partial charge in [-0.15, -0.1) is 0 Å². The number of nitrogens with one attached hydrogen (secondary N) is 1. The highest BCUT2D eigenvalue weighted by atomic mass is 16.5. The molecule has 0 saturated carbocycles. The van der Waals surface area contributed by atoms with E-state index in [2.05, 4.69) is 15.3 Å². The van der Waals surface area contributed by atoms with E-state index in [9.17, 15) is 9.59 Å². The molecule has 2 aromatic heterocycles. The van der Waals surface area contributed by atoms with Gasteiger partial charge in [0, 0.05) is 37.0 Å². The Morgan fingerprint density at radius 1 is 1.38 bits per heavy atom. The van der Waals surface area contributed by atoms with Crippen molar-refractivity contribution in [2.45, 2.75) is 32.5 Å². The van der Waals surface area contributed by atoms with Gasteiger partial charge < -0.3 is 15.0 Å². The van der Waals surface area contributed by atoms with Crippen molar-refractivity contribution < 1.29 is 14.3 Å². The van der Waals surface area contributed by atoms with Gasteiger partial charge >= 0.3 is 0 Å². The lowest BCUT2D eigenvalue weighted by atomic mass is 10.1. The molecule has 8 heteroatoms. The van der Waals surface area contributed by atoms with Crippen molar-refractivity contribution in [2.24, 2.45) is 0 Å². The fourth-order valence-corrected chi connectivity index (χ4v) is 3.15. The first-order valence-electron chi connectivity index (χ1n) is 9.60. The average molecular weight is 397 g/mol. The number of carbonyl (C=O) groups excluding carboxylic acids is 2. The third-order valence-corrected chi connectivity index (χ3v) is 5.16. The molecule has 0 spiro atoms. The van der Waals surface area contributed by atoms with Crippen molar-refractivity contribution in [3.8, 4) is 5.88 Å². The maximum absolute atomic E-state index is 12.8. The fourth-order valence-electron chi connectivity index (χ4n) is 3.15. The lowest BCUT2D eigenvalue weighted by molar-refractivity contribution is -0.125. The van der Waals surface area contributed by atoms with Gasteiger partial charge in [-0.3, -0.25) is 19.5 Å². The number of hydrogen-bond donors (Lipinski definition) is 1. The van der Waals surface area contributed by atoms with Crippen LogP contribution >= 0.6 is 0 Å². The third-order valence-electron chi connectivity index (χ3n) is 5.16. The average Bonchev–Trinajstić information content (AvgIpc) is 3.04. The summed E-state index contributed by atoms with van der Waals surface area (Å²) in [6.07, 6.45) is 2.43. The molecular formula is C21H27N5O3. The largest absolute Gasteiger partial charge is 0.481 e. The zero-order valence-electron chi connectivity index (χ0n) is 17.3. The molecule has 1 N–H and O–H groups in total. The highest BCUT2D eigenvalue weighted by molar-refractivity contribution is 5.98. The zero-order chi connectivity index (χ0) is 21.0. The number of pyridine rings is 2. The van der Waals surface area contributed by atoms with Crippen molar-refractivity contribution in [1.82, 2.24) is 25.1 Å². The Labute approximate surface area is 170 Å². The van der Waals surface area contributed by atoms with Gasteiger partial charge in [-0.25, -0.2) is 4.98 Å². The summed E-state index contributed by atoms with van der Waals surface area (Å²) in [7, 11) is 5.23. The highest BCUT2D eigenvalue weighted by Gasteiger charge is 2.30. The second-order valence-electron chi connectivity index (χ2n) is 7.31. The van der Waals surface area contributed by atoms with E-state index in [1.165, 1.54) is 7.11 Å². The molecule has 0 unspecified atom stereocenters. The van der Waals surface area contributed by atoms with Gasteiger partial charge in [0.1, 0.15) is 0 Å². The Bertz CT molecular complexity index is 885. The molecule has 0 aromatic carbocycles. The summed E-state index contributed by atoms with van der Waals surface area (Å²) in [5.74, 6) is 0.280. The van der Waals surface area contributed by atoms with Crippen LogP contribution < -0.4 is 10.1 Å². The summed E-state index contributed by atoms with van der Waals surface area (Å²) >= 11 is 0. The minimum atomic E-state index is -0.257. The van der Waals surface area contributed by atoms with E-state index in [-0.39, 0.29) is 24.4 Å². The molecular weight excluding hydrogens is 370 g/mol. The third kappa shape index (κ3) is 4.71. The lowest BCUT2D eigenvalue weighted by Crippen LogP contribution is -2.41. The van der Waals surface area contributed by atoms with E-state index < -0.39 is 0 Å². The predicted octanol–water partition coefficient (Wildman–Crippen LogP) is 1.25. The van der Waals surface area contributed by atoms with Gasteiger partial charge in [-0.2, -0.15) is 0 Å². The Kier molecular flexibility index (Phi) is 6.43. The molecule has 1 atom stereocenters. The van der Waals surface area contributed by atoms with Gasteiger partial charge in [0.15, 0.2) is 0 Å². The quantitative estimate of drug-likeness (QED) is 0.721. The van der Waals surface area contributed by atoms with Gasteiger partial charge in [-0.1, -0.05) is 6.07 Å². The number of fused-ring (bicyclic) bond motifs is 1. The van der Waals surface area contributed by atoms with Crippen LogP contribution in [-0.2, 0) is 24.3 Å². The Hall–Kier alpha value is -3.00. The topological polar surface area (TPSA) is 87.7 Å². The first kappa shape index (κ1) is 20.7. The number of likely N-dealkylation sites (N-methyl/N-ethyl adjacent to an activating group) is 1. The minimum Gasteiger partial charge on any atom is -0.481 e. The number of aromatic nitrogens is 2. The van der Waals surface area contributed by atoms with E-state index in [0.29, 0.717) is 42.2 Å². The van der Waals surface area contributed by atoms with Crippen LogP contribution in [0.1, 0.15) is 34.2 Å².